The van der Waals surface area contributed by atoms with Crippen molar-refractivity contribution >= 4 is 5.91 Å². The Morgan fingerprint density at radius 1 is 1.20 bits per heavy atom. The van der Waals surface area contributed by atoms with Crippen molar-refractivity contribution in [2.24, 2.45) is 5.73 Å². The molecule has 4 nitrogen and oxygen atoms in total. The molecule has 3 rings (SSSR count). The molecule has 1 saturated carbocycles. The number of nitrogens with two attached hydrogens (primary N) is 1. The Kier molecular flexibility index (Phi) is 3.56. The van der Waals surface area contributed by atoms with Crippen LogP contribution in [-0.4, -0.2) is 16.8 Å². The van der Waals surface area contributed by atoms with Crippen LogP contribution in [-0.2, 0) is 13.1 Å². The minimum Gasteiger partial charge on any atom is -0.468 e. The van der Waals surface area contributed by atoms with Gasteiger partial charge < -0.3 is 10.2 Å². The first kappa shape index (κ1) is 12.9. The van der Waals surface area contributed by atoms with E-state index >= 15 is 0 Å². The van der Waals surface area contributed by atoms with Crippen molar-refractivity contribution in [1.82, 2.24) is 4.90 Å². The Hall–Kier alpha value is -2.07. The molecule has 0 bridgehead atoms. The van der Waals surface area contributed by atoms with Crippen molar-refractivity contribution in [3.05, 3.63) is 59.5 Å². The zero-order chi connectivity index (χ0) is 13.9. The molecule has 1 aromatic carbocycles. The summed E-state index contributed by atoms with van der Waals surface area (Å²) in [6, 6.07) is 12.1. The Morgan fingerprint density at radius 2 is 1.95 bits per heavy atom. The molecule has 1 amide bonds. The molecule has 1 aromatic heterocycles. The number of amides is 1. The molecule has 0 spiro atoms. The molecule has 1 fully saturated rings. The maximum atomic E-state index is 11.1. The highest BCUT2D eigenvalue weighted by Crippen LogP contribution is 2.29. The number of carbonyl (C=O) groups is 1. The molecular formula is C16H18N2O2. The highest BCUT2D eigenvalue weighted by molar-refractivity contribution is 5.92. The fourth-order valence-corrected chi connectivity index (χ4v) is 2.37. The first-order valence-corrected chi connectivity index (χ1v) is 6.87. The van der Waals surface area contributed by atoms with Crippen molar-refractivity contribution in [3.63, 3.8) is 0 Å². The minimum atomic E-state index is -0.383. The van der Waals surface area contributed by atoms with E-state index < -0.39 is 0 Å². The third-order valence-corrected chi connectivity index (χ3v) is 3.63. The van der Waals surface area contributed by atoms with Crippen LogP contribution in [0.4, 0.5) is 0 Å². The Morgan fingerprint density at radius 3 is 2.50 bits per heavy atom. The molecule has 1 aliphatic carbocycles. The second kappa shape index (κ2) is 5.51. The van der Waals surface area contributed by atoms with E-state index in [1.165, 1.54) is 18.4 Å². The van der Waals surface area contributed by atoms with Crippen LogP contribution in [0.15, 0.2) is 47.1 Å². The summed E-state index contributed by atoms with van der Waals surface area (Å²) >= 11 is 0. The van der Waals surface area contributed by atoms with Crippen molar-refractivity contribution < 1.29 is 9.21 Å². The second-order valence-electron chi connectivity index (χ2n) is 5.28. The Balaban J connectivity index is 1.68. The van der Waals surface area contributed by atoms with Gasteiger partial charge in [0.1, 0.15) is 5.76 Å². The Bertz CT molecular complexity index is 571. The van der Waals surface area contributed by atoms with Gasteiger partial charge in [0, 0.05) is 18.2 Å². The van der Waals surface area contributed by atoms with E-state index in [-0.39, 0.29) is 5.91 Å². The summed E-state index contributed by atoms with van der Waals surface area (Å²) < 4.78 is 5.43. The quantitative estimate of drug-likeness (QED) is 0.877. The average Bonchev–Trinajstić information content (AvgIpc) is 3.17. The van der Waals surface area contributed by atoms with Crippen molar-refractivity contribution in [1.29, 1.82) is 0 Å². The number of benzene rings is 1. The third kappa shape index (κ3) is 3.08. The molecule has 4 heteroatoms. The summed E-state index contributed by atoms with van der Waals surface area (Å²) in [4.78, 5) is 13.5. The van der Waals surface area contributed by atoms with Crippen LogP contribution in [0, 0.1) is 0 Å². The number of furan rings is 1. The van der Waals surface area contributed by atoms with Gasteiger partial charge in [-0.15, -0.1) is 0 Å². The van der Waals surface area contributed by atoms with Crippen molar-refractivity contribution in [3.8, 4) is 0 Å². The first-order chi connectivity index (χ1) is 9.72. The van der Waals surface area contributed by atoms with Gasteiger partial charge in [-0.3, -0.25) is 9.69 Å². The van der Waals surface area contributed by atoms with E-state index in [2.05, 4.69) is 4.90 Å². The molecule has 1 heterocycles. The van der Waals surface area contributed by atoms with E-state index in [1.807, 2.05) is 24.3 Å². The number of carbonyl (C=O) groups excluding carboxylic acids is 1. The lowest BCUT2D eigenvalue weighted by Gasteiger charge is -2.20. The van der Waals surface area contributed by atoms with Gasteiger partial charge in [-0.1, -0.05) is 12.1 Å². The maximum Gasteiger partial charge on any atom is 0.248 e. The topological polar surface area (TPSA) is 59.5 Å². The van der Waals surface area contributed by atoms with Crippen LogP contribution in [0.25, 0.3) is 0 Å². The van der Waals surface area contributed by atoms with Crippen LogP contribution in [0.1, 0.15) is 34.5 Å². The van der Waals surface area contributed by atoms with Gasteiger partial charge >= 0.3 is 0 Å². The monoisotopic (exact) mass is 270 g/mol. The predicted molar refractivity (Wildman–Crippen MR) is 75.9 cm³/mol. The fraction of sp³-hybridized carbons (Fsp3) is 0.312. The normalized spacial score (nSPS) is 14.7. The predicted octanol–water partition coefficient (Wildman–Crippen LogP) is 2.54. The smallest absolute Gasteiger partial charge is 0.248 e. The molecule has 2 N–H and O–H groups in total. The summed E-state index contributed by atoms with van der Waals surface area (Å²) in [6.45, 7) is 1.69. The largest absolute Gasteiger partial charge is 0.468 e. The summed E-state index contributed by atoms with van der Waals surface area (Å²) in [5.74, 6) is 0.608. The van der Waals surface area contributed by atoms with E-state index in [1.54, 1.807) is 18.4 Å². The lowest BCUT2D eigenvalue weighted by molar-refractivity contribution is 0.100. The van der Waals surface area contributed by atoms with E-state index in [0.717, 1.165) is 18.8 Å². The van der Waals surface area contributed by atoms with E-state index in [4.69, 9.17) is 10.2 Å². The lowest BCUT2D eigenvalue weighted by Crippen LogP contribution is -2.24. The van der Waals surface area contributed by atoms with Gasteiger partial charge in [0.25, 0.3) is 0 Å². The standard InChI is InChI=1S/C16H18N2O2/c17-16(19)13-5-3-12(4-6-13)10-18(14-7-8-14)11-15-2-1-9-20-15/h1-6,9,14H,7-8,10-11H2,(H2,17,19). The molecule has 2 aromatic rings. The third-order valence-electron chi connectivity index (χ3n) is 3.63. The molecular weight excluding hydrogens is 252 g/mol. The number of nitrogens with zero attached hydrogens (tertiary/aromatic N) is 1. The number of hydrogen-bond acceptors (Lipinski definition) is 3. The molecule has 0 unspecified atom stereocenters. The molecule has 0 atom stereocenters. The molecule has 1 aliphatic rings. The maximum absolute atomic E-state index is 11.1. The van der Waals surface area contributed by atoms with Crippen molar-refractivity contribution in [2.75, 3.05) is 0 Å². The highest BCUT2D eigenvalue weighted by atomic mass is 16.3. The first-order valence-electron chi connectivity index (χ1n) is 6.87. The number of rotatable bonds is 6. The van der Waals surface area contributed by atoms with Gasteiger partial charge in [0.15, 0.2) is 0 Å². The van der Waals surface area contributed by atoms with Gasteiger partial charge in [-0.2, -0.15) is 0 Å². The molecule has 0 radical (unpaired) electrons. The molecule has 0 aliphatic heterocycles. The van der Waals surface area contributed by atoms with Crippen LogP contribution in [0.3, 0.4) is 0 Å². The summed E-state index contributed by atoms with van der Waals surface area (Å²) in [5.41, 5.74) is 6.99. The summed E-state index contributed by atoms with van der Waals surface area (Å²) in [7, 11) is 0. The van der Waals surface area contributed by atoms with Crippen LogP contribution in [0.5, 0.6) is 0 Å². The van der Waals surface area contributed by atoms with E-state index in [0.29, 0.717) is 11.6 Å². The van der Waals surface area contributed by atoms with Gasteiger partial charge in [0.05, 0.1) is 12.8 Å². The average molecular weight is 270 g/mol. The van der Waals surface area contributed by atoms with Crippen LogP contribution < -0.4 is 5.73 Å². The fourth-order valence-electron chi connectivity index (χ4n) is 2.37. The molecule has 0 saturated heterocycles. The number of primary amides is 1. The summed E-state index contributed by atoms with van der Waals surface area (Å²) in [5, 5.41) is 0. The highest BCUT2D eigenvalue weighted by Gasteiger charge is 2.29. The zero-order valence-corrected chi connectivity index (χ0v) is 11.3. The lowest BCUT2D eigenvalue weighted by atomic mass is 10.1. The zero-order valence-electron chi connectivity index (χ0n) is 11.3. The minimum absolute atomic E-state index is 0.383. The van der Waals surface area contributed by atoms with Crippen LogP contribution >= 0.6 is 0 Å². The SMILES string of the molecule is NC(=O)c1ccc(CN(Cc2ccco2)C2CC2)cc1. The van der Waals surface area contributed by atoms with Gasteiger partial charge in [0.2, 0.25) is 5.91 Å². The van der Waals surface area contributed by atoms with Gasteiger partial charge in [-0.05, 0) is 42.7 Å². The Labute approximate surface area is 118 Å². The van der Waals surface area contributed by atoms with Crippen LogP contribution in [0.2, 0.25) is 0 Å². The second-order valence-corrected chi connectivity index (χ2v) is 5.28. The molecule has 20 heavy (non-hydrogen) atoms. The van der Waals surface area contributed by atoms with E-state index in [9.17, 15) is 4.79 Å². The number of hydrogen-bond donors (Lipinski definition) is 1. The molecule has 104 valence electrons. The summed E-state index contributed by atoms with van der Waals surface area (Å²) in [6.07, 6.45) is 4.21. The van der Waals surface area contributed by atoms with Gasteiger partial charge in [-0.25, -0.2) is 0 Å². The van der Waals surface area contributed by atoms with Crippen molar-refractivity contribution in [2.45, 2.75) is 32.0 Å².